The van der Waals surface area contributed by atoms with Gasteiger partial charge in [-0.2, -0.15) is 0 Å². The Morgan fingerprint density at radius 3 is 2.63 bits per heavy atom. The molecule has 0 saturated carbocycles. The van der Waals surface area contributed by atoms with Crippen molar-refractivity contribution in [3.63, 3.8) is 0 Å². The second kappa shape index (κ2) is 5.53. The molecule has 104 valence electrons. The normalized spacial score (nSPS) is 22.3. The van der Waals surface area contributed by atoms with Crippen molar-refractivity contribution in [2.75, 3.05) is 11.4 Å². The molecule has 1 aliphatic rings. The van der Waals surface area contributed by atoms with Crippen LogP contribution in [-0.4, -0.2) is 23.2 Å². The third-order valence-corrected chi connectivity index (χ3v) is 4.47. The molecule has 0 spiro atoms. The van der Waals surface area contributed by atoms with Gasteiger partial charge < -0.3 is 10.0 Å². The van der Waals surface area contributed by atoms with Gasteiger partial charge in [0.1, 0.15) is 0 Å². The molecular formula is C15H20BrNO2. The highest BCUT2D eigenvalue weighted by Gasteiger charge is 2.34. The topological polar surface area (TPSA) is 40.5 Å². The molecule has 1 N–H and O–H groups in total. The summed E-state index contributed by atoms with van der Waals surface area (Å²) in [6, 6.07) is 8.25. The van der Waals surface area contributed by atoms with E-state index < -0.39 is 5.97 Å². The third-order valence-electron chi connectivity index (χ3n) is 3.94. The maximum Gasteiger partial charge on any atom is 0.303 e. The van der Waals surface area contributed by atoms with Gasteiger partial charge in [-0.15, -0.1) is 0 Å². The van der Waals surface area contributed by atoms with Crippen LogP contribution in [0.15, 0.2) is 28.7 Å². The van der Waals surface area contributed by atoms with Gasteiger partial charge >= 0.3 is 5.97 Å². The fourth-order valence-corrected chi connectivity index (χ4v) is 3.04. The Hall–Kier alpha value is -1.03. The first-order valence-corrected chi connectivity index (χ1v) is 7.43. The summed E-state index contributed by atoms with van der Waals surface area (Å²) < 4.78 is 1.06. The van der Waals surface area contributed by atoms with Gasteiger partial charge in [0.15, 0.2) is 0 Å². The Morgan fingerprint density at radius 1 is 1.42 bits per heavy atom. The zero-order valence-electron chi connectivity index (χ0n) is 11.4. The zero-order valence-corrected chi connectivity index (χ0v) is 13.0. The smallest absolute Gasteiger partial charge is 0.303 e. The molecule has 2 rings (SSSR count). The number of benzene rings is 1. The molecule has 19 heavy (non-hydrogen) atoms. The summed E-state index contributed by atoms with van der Waals surface area (Å²) in [6.07, 6.45) is 2.29. The zero-order chi connectivity index (χ0) is 14.0. The number of anilines is 1. The minimum absolute atomic E-state index is 0.0861. The number of carbonyl (C=O) groups is 1. The molecule has 0 bridgehead atoms. The largest absolute Gasteiger partial charge is 0.481 e. The van der Waals surface area contributed by atoms with E-state index in [1.807, 2.05) is 12.1 Å². The highest BCUT2D eigenvalue weighted by atomic mass is 79.9. The minimum Gasteiger partial charge on any atom is -0.481 e. The molecule has 1 saturated heterocycles. The van der Waals surface area contributed by atoms with E-state index in [0.29, 0.717) is 0 Å². The van der Waals surface area contributed by atoms with E-state index in [2.05, 4.69) is 46.8 Å². The Kier molecular flexibility index (Phi) is 4.19. The summed E-state index contributed by atoms with van der Waals surface area (Å²) in [5, 5.41) is 8.96. The lowest BCUT2D eigenvalue weighted by Crippen LogP contribution is -2.51. The lowest BCUT2D eigenvalue weighted by Gasteiger charge is -2.47. The van der Waals surface area contributed by atoms with Gasteiger partial charge in [0, 0.05) is 28.7 Å². The molecular weight excluding hydrogens is 306 g/mol. The molecule has 0 aromatic heterocycles. The van der Waals surface area contributed by atoms with Gasteiger partial charge in [-0.1, -0.05) is 15.9 Å². The van der Waals surface area contributed by atoms with E-state index in [0.717, 1.165) is 23.9 Å². The molecule has 1 aliphatic heterocycles. The summed E-state index contributed by atoms with van der Waals surface area (Å²) in [6.45, 7) is 5.28. The standard InChI is InChI=1S/C15H20BrNO2/c1-15(2)8-7-11(9-14(18)19)10-17(15)13-5-3-12(16)4-6-13/h3-6,11H,7-10H2,1-2H3,(H,18,19). The van der Waals surface area contributed by atoms with Crippen molar-refractivity contribution in [2.45, 2.75) is 38.6 Å². The maximum atomic E-state index is 10.9. The number of carboxylic acid groups (broad SMARTS) is 1. The van der Waals surface area contributed by atoms with Crippen LogP contribution in [0.1, 0.15) is 33.1 Å². The van der Waals surface area contributed by atoms with Gasteiger partial charge in [0.25, 0.3) is 0 Å². The second-order valence-electron chi connectivity index (χ2n) is 5.90. The van der Waals surface area contributed by atoms with Gasteiger partial charge in [-0.05, 0) is 56.9 Å². The van der Waals surface area contributed by atoms with Gasteiger partial charge in [0.05, 0.1) is 0 Å². The van der Waals surface area contributed by atoms with E-state index in [1.54, 1.807) is 0 Å². The molecule has 1 aromatic rings. The van der Waals surface area contributed by atoms with Gasteiger partial charge in [-0.25, -0.2) is 0 Å². The summed E-state index contributed by atoms with van der Waals surface area (Å²) >= 11 is 3.45. The van der Waals surface area contributed by atoms with Crippen LogP contribution in [0.5, 0.6) is 0 Å². The van der Waals surface area contributed by atoms with Crippen LogP contribution >= 0.6 is 15.9 Å². The number of nitrogens with zero attached hydrogens (tertiary/aromatic N) is 1. The number of hydrogen-bond acceptors (Lipinski definition) is 2. The van der Waals surface area contributed by atoms with Crippen molar-refractivity contribution in [2.24, 2.45) is 5.92 Å². The Bertz CT molecular complexity index is 456. The molecule has 0 amide bonds. The molecule has 3 nitrogen and oxygen atoms in total. The first-order valence-electron chi connectivity index (χ1n) is 6.63. The third kappa shape index (κ3) is 3.50. The summed E-state index contributed by atoms with van der Waals surface area (Å²) in [5.74, 6) is -0.449. The van der Waals surface area contributed by atoms with E-state index in [-0.39, 0.29) is 17.9 Å². The first-order chi connectivity index (χ1) is 8.88. The molecule has 1 aromatic carbocycles. The molecule has 0 radical (unpaired) electrons. The summed E-state index contributed by atoms with van der Waals surface area (Å²) in [5.41, 5.74) is 1.26. The first kappa shape index (κ1) is 14.4. The van der Waals surface area contributed by atoms with E-state index in [1.165, 1.54) is 5.69 Å². The number of rotatable bonds is 3. The van der Waals surface area contributed by atoms with Crippen LogP contribution in [0.4, 0.5) is 5.69 Å². The molecule has 1 heterocycles. The van der Waals surface area contributed by atoms with E-state index in [9.17, 15) is 4.79 Å². The van der Waals surface area contributed by atoms with Crippen molar-refractivity contribution in [1.82, 2.24) is 0 Å². The molecule has 0 aliphatic carbocycles. The minimum atomic E-state index is -0.694. The van der Waals surface area contributed by atoms with Gasteiger partial charge in [0.2, 0.25) is 0 Å². The highest BCUT2D eigenvalue weighted by molar-refractivity contribution is 9.10. The Labute approximate surface area is 122 Å². The van der Waals surface area contributed by atoms with Crippen LogP contribution in [0.3, 0.4) is 0 Å². The monoisotopic (exact) mass is 325 g/mol. The molecule has 4 heteroatoms. The Morgan fingerprint density at radius 2 is 2.05 bits per heavy atom. The predicted molar refractivity (Wildman–Crippen MR) is 80.5 cm³/mol. The summed E-state index contributed by atoms with van der Waals surface area (Å²) in [4.78, 5) is 13.2. The van der Waals surface area contributed by atoms with Crippen molar-refractivity contribution < 1.29 is 9.90 Å². The number of carboxylic acids is 1. The van der Waals surface area contributed by atoms with Crippen LogP contribution in [0, 0.1) is 5.92 Å². The van der Waals surface area contributed by atoms with Crippen molar-refractivity contribution in [3.05, 3.63) is 28.7 Å². The van der Waals surface area contributed by atoms with Gasteiger partial charge in [-0.3, -0.25) is 4.79 Å². The maximum absolute atomic E-state index is 10.9. The lowest BCUT2D eigenvalue weighted by molar-refractivity contribution is -0.138. The van der Waals surface area contributed by atoms with Crippen molar-refractivity contribution >= 4 is 27.6 Å². The van der Waals surface area contributed by atoms with Crippen LogP contribution in [0.25, 0.3) is 0 Å². The van der Waals surface area contributed by atoms with Crippen molar-refractivity contribution in [3.8, 4) is 0 Å². The van der Waals surface area contributed by atoms with Crippen LogP contribution in [0.2, 0.25) is 0 Å². The van der Waals surface area contributed by atoms with E-state index in [4.69, 9.17) is 5.11 Å². The number of piperidine rings is 1. The Balaban J connectivity index is 2.19. The number of halogens is 1. The van der Waals surface area contributed by atoms with E-state index >= 15 is 0 Å². The SMILES string of the molecule is CC1(C)CCC(CC(=O)O)CN1c1ccc(Br)cc1. The fraction of sp³-hybridized carbons (Fsp3) is 0.533. The van der Waals surface area contributed by atoms with Crippen LogP contribution < -0.4 is 4.90 Å². The fourth-order valence-electron chi connectivity index (χ4n) is 2.78. The molecule has 1 atom stereocenters. The summed E-state index contributed by atoms with van der Waals surface area (Å²) in [7, 11) is 0. The number of aliphatic carboxylic acids is 1. The predicted octanol–water partition coefficient (Wildman–Crippen LogP) is 3.92. The average molecular weight is 326 g/mol. The molecule has 1 unspecified atom stereocenters. The van der Waals surface area contributed by atoms with Crippen LogP contribution in [-0.2, 0) is 4.79 Å². The molecule has 1 fully saturated rings. The highest BCUT2D eigenvalue weighted by Crippen LogP contribution is 2.36. The quantitative estimate of drug-likeness (QED) is 0.915. The van der Waals surface area contributed by atoms with Crippen molar-refractivity contribution in [1.29, 1.82) is 0 Å². The number of hydrogen-bond donors (Lipinski definition) is 1. The second-order valence-corrected chi connectivity index (χ2v) is 6.82. The lowest BCUT2D eigenvalue weighted by atomic mass is 9.83. The average Bonchev–Trinajstić information content (AvgIpc) is 2.32.